The molecule has 5 aromatic carbocycles. The zero-order chi connectivity index (χ0) is 27.0. The molecule has 12 heteroatoms. The minimum Gasteiger partial charge on any atom is -0.386 e. The van der Waals surface area contributed by atoms with Gasteiger partial charge in [0.2, 0.25) is 0 Å². The number of benzene rings is 5. The van der Waals surface area contributed by atoms with Crippen molar-refractivity contribution in [1.82, 2.24) is 0 Å². The first-order chi connectivity index (χ1) is 17.8. The van der Waals surface area contributed by atoms with E-state index in [0.29, 0.717) is 12.1 Å². The fourth-order valence-corrected chi connectivity index (χ4v) is 5.60. The number of cyclic esters (lactones) is 4. The standard InChI is InChI=1S/C26H6F6O6/c27-25(28,29)13-5-12-16-10(22(34)38-24(12)36)4-2-8-18-14(26(30,31)32)6-11-15-9(21(33)37-23(11)35)3-1-7(19(15)18)17(13)20(8)16/h1-6H. The molecular formula is C26H6F6O6. The number of carbonyl (C=O) groups excluding carboxylic acids is 4. The van der Waals surface area contributed by atoms with Crippen molar-refractivity contribution in [3.05, 3.63) is 69.8 Å². The van der Waals surface area contributed by atoms with Crippen LogP contribution in [0.5, 0.6) is 0 Å². The zero-order valence-corrected chi connectivity index (χ0v) is 18.2. The molecule has 188 valence electrons. The predicted octanol–water partition coefficient (Wildman–Crippen LogP) is 6.40. The third-order valence-corrected chi connectivity index (χ3v) is 6.97. The van der Waals surface area contributed by atoms with Gasteiger partial charge in [-0.3, -0.25) is 0 Å². The van der Waals surface area contributed by atoms with Gasteiger partial charge in [0.25, 0.3) is 0 Å². The molecule has 5 aromatic rings. The normalized spacial score (nSPS) is 15.7. The second-order valence-corrected chi connectivity index (χ2v) is 8.86. The fraction of sp³-hybridized carbons (Fsp3) is 0.0769. The molecule has 0 fully saturated rings. The van der Waals surface area contributed by atoms with Gasteiger partial charge < -0.3 is 9.47 Å². The van der Waals surface area contributed by atoms with Crippen LogP contribution in [-0.4, -0.2) is 23.9 Å². The highest BCUT2D eigenvalue weighted by Gasteiger charge is 2.42. The Balaban J connectivity index is 1.91. The summed E-state index contributed by atoms with van der Waals surface area (Å²) in [6.07, 6.45) is -10.2. The van der Waals surface area contributed by atoms with E-state index in [9.17, 15) is 45.5 Å². The highest BCUT2D eigenvalue weighted by Crippen LogP contribution is 2.52. The van der Waals surface area contributed by atoms with Crippen LogP contribution in [0.4, 0.5) is 26.3 Å². The van der Waals surface area contributed by atoms with Gasteiger partial charge in [0.05, 0.1) is 33.4 Å². The smallest absolute Gasteiger partial charge is 0.386 e. The number of alkyl halides is 6. The number of hydrogen-bond donors (Lipinski definition) is 0. The Hall–Kier alpha value is -4.74. The zero-order valence-electron chi connectivity index (χ0n) is 18.2. The van der Waals surface area contributed by atoms with Crippen LogP contribution in [0.15, 0.2) is 36.4 Å². The second kappa shape index (κ2) is 6.57. The Bertz CT molecular complexity index is 1870. The molecule has 2 aliphatic rings. The van der Waals surface area contributed by atoms with Crippen LogP contribution in [0.25, 0.3) is 43.1 Å². The Kier molecular flexibility index (Phi) is 3.88. The van der Waals surface area contributed by atoms with Crippen molar-refractivity contribution in [2.45, 2.75) is 12.4 Å². The van der Waals surface area contributed by atoms with E-state index in [4.69, 9.17) is 0 Å². The van der Waals surface area contributed by atoms with E-state index in [-0.39, 0.29) is 32.7 Å². The van der Waals surface area contributed by atoms with Gasteiger partial charge in [-0.15, -0.1) is 0 Å². The van der Waals surface area contributed by atoms with Gasteiger partial charge in [-0.05, 0) is 45.8 Å². The van der Waals surface area contributed by atoms with E-state index in [0.717, 1.165) is 24.3 Å². The first-order valence-electron chi connectivity index (χ1n) is 10.7. The summed E-state index contributed by atoms with van der Waals surface area (Å²) in [5.41, 5.74) is -4.59. The van der Waals surface area contributed by atoms with E-state index < -0.39 is 80.0 Å². The van der Waals surface area contributed by atoms with Gasteiger partial charge in [-0.25, -0.2) is 19.2 Å². The van der Waals surface area contributed by atoms with Gasteiger partial charge in [-0.2, -0.15) is 26.3 Å². The van der Waals surface area contributed by atoms with Crippen LogP contribution in [-0.2, 0) is 21.8 Å². The van der Waals surface area contributed by atoms with Gasteiger partial charge in [-0.1, -0.05) is 12.1 Å². The number of esters is 4. The summed E-state index contributed by atoms with van der Waals surface area (Å²) in [5.74, 6) is -5.09. The minimum absolute atomic E-state index is 0.283. The summed E-state index contributed by atoms with van der Waals surface area (Å²) < 4.78 is 95.6. The van der Waals surface area contributed by atoms with E-state index in [1.54, 1.807) is 0 Å². The van der Waals surface area contributed by atoms with Gasteiger partial charge >= 0.3 is 36.2 Å². The van der Waals surface area contributed by atoms with Crippen LogP contribution >= 0.6 is 0 Å². The highest BCUT2D eigenvalue weighted by atomic mass is 19.4. The van der Waals surface area contributed by atoms with Gasteiger partial charge in [0.15, 0.2) is 0 Å². The van der Waals surface area contributed by atoms with Crippen molar-refractivity contribution in [2.24, 2.45) is 0 Å². The van der Waals surface area contributed by atoms with Crippen molar-refractivity contribution >= 4 is 67.0 Å². The molecule has 0 aliphatic carbocycles. The third-order valence-electron chi connectivity index (χ3n) is 6.97. The first kappa shape index (κ1) is 22.5. The molecule has 7 rings (SSSR count). The maximum absolute atomic E-state index is 14.4. The molecule has 0 saturated heterocycles. The molecule has 0 spiro atoms. The second-order valence-electron chi connectivity index (χ2n) is 8.86. The quantitative estimate of drug-likeness (QED) is 0.0761. The van der Waals surface area contributed by atoms with Crippen molar-refractivity contribution in [1.29, 1.82) is 0 Å². The van der Waals surface area contributed by atoms with Crippen molar-refractivity contribution in [3.8, 4) is 0 Å². The molecule has 2 heterocycles. The number of halogens is 6. The predicted molar refractivity (Wildman–Crippen MR) is 117 cm³/mol. The minimum atomic E-state index is -5.10. The average molecular weight is 528 g/mol. The lowest BCUT2D eigenvalue weighted by atomic mass is 9.80. The molecular weight excluding hydrogens is 522 g/mol. The molecule has 0 unspecified atom stereocenters. The van der Waals surface area contributed by atoms with Crippen LogP contribution in [0, 0.1) is 0 Å². The molecule has 0 saturated carbocycles. The molecule has 0 radical (unpaired) electrons. The first-order valence-corrected chi connectivity index (χ1v) is 10.7. The number of ether oxygens (including phenoxy) is 2. The van der Waals surface area contributed by atoms with Crippen molar-refractivity contribution in [2.75, 3.05) is 0 Å². The van der Waals surface area contributed by atoms with Crippen molar-refractivity contribution < 1.29 is 55.0 Å². The molecule has 0 N–H and O–H groups in total. The Morgan fingerprint density at radius 3 is 1.13 bits per heavy atom. The van der Waals surface area contributed by atoms with Crippen LogP contribution in [0.1, 0.15) is 52.6 Å². The molecule has 0 amide bonds. The summed E-state index contributed by atoms with van der Waals surface area (Å²) in [4.78, 5) is 49.8. The average Bonchev–Trinajstić information content (AvgIpc) is 2.83. The number of carbonyl (C=O) groups is 4. The molecule has 0 atom stereocenters. The van der Waals surface area contributed by atoms with Crippen molar-refractivity contribution in [3.63, 3.8) is 0 Å². The van der Waals surface area contributed by atoms with E-state index in [2.05, 4.69) is 9.47 Å². The third kappa shape index (κ3) is 2.58. The number of rotatable bonds is 0. The largest absolute Gasteiger partial charge is 0.417 e. The fourth-order valence-electron chi connectivity index (χ4n) is 5.60. The van der Waals surface area contributed by atoms with Gasteiger partial charge in [0, 0.05) is 21.5 Å². The Morgan fingerprint density at radius 1 is 0.447 bits per heavy atom. The molecule has 0 bridgehead atoms. The van der Waals surface area contributed by atoms with E-state index in [1.165, 1.54) is 0 Å². The van der Waals surface area contributed by atoms with Gasteiger partial charge in [0.1, 0.15) is 0 Å². The lowest BCUT2D eigenvalue weighted by Gasteiger charge is -2.26. The summed E-state index contributed by atoms with van der Waals surface area (Å²) in [7, 11) is 0. The van der Waals surface area contributed by atoms with E-state index in [1.807, 2.05) is 0 Å². The SMILES string of the molecule is O=C1OC(=O)c2cc(C(F)(F)F)c3c4ccc5c6c(cc(C(F)(F)F)c(c7ccc1c2c73)c64)C(=O)OC5=O. The maximum Gasteiger partial charge on any atom is 0.417 e. The summed E-state index contributed by atoms with van der Waals surface area (Å²) in [6.45, 7) is 0. The lowest BCUT2D eigenvalue weighted by Crippen LogP contribution is -2.22. The van der Waals surface area contributed by atoms with Crippen LogP contribution < -0.4 is 0 Å². The number of fused-ring (bicyclic) bond motifs is 2. The lowest BCUT2D eigenvalue weighted by molar-refractivity contribution is -0.137. The molecule has 0 aromatic heterocycles. The van der Waals surface area contributed by atoms with Crippen LogP contribution in [0.3, 0.4) is 0 Å². The summed E-state index contributed by atoms with van der Waals surface area (Å²) in [5, 5.41) is -3.26. The summed E-state index contributed by atoms with van der Waals surface area (Å²) >= 11 is 0. The van der Waals surface area contributed by atoms with E-state index >= 15 is 0 Å². The summed E-state index contributed by atoms with van der Waals surface area (Å²) in [6, 6.07) is 5.18. The topological polar surface area (TPSA) is 86.7 Å². The van der Waals surface area contributed by atoms with Crippen LogP contribution in [0.2, 0.25) is 0 Å². The maximum atomic E-state index is 14.4. The highest BCUT2D eigenvalue weighted by molar-refractivity contribution is 6.41. The Morgan fingerprint density at radius 2 is 0.789 bits per heavy atom. The number of hydrogen-bond acceptors (Lipinski definition) is 6. The Labute approximate surface area is 204 Å². The molecule has 38 heavy (non-hydrogen) atoms. The molecule has 2 aliphatic heterocycles. The monoisotopic (exact) mass is 528 g/mol. The molecule has 6 nitrogen and oxygen atoms in total.